The van der Waals surface area contributed by atoms with E-state index in [2.05, 4.69) is 0 Å². The molecule has 0 spiro atoms. The Labute approximate surface area is 80.7 Å². The molecule has 0 aliphatic heterocycles. The van der Waals surface area contributed by atoms with Gasteiger partial charge in [-0.3, -0.25) is 0 Å². The van der Waals surface area contributed by atoms with E-state index in [0.29, 0.717) is 0 Å². The molecule has 0 aromatic carbocycles. The van der Waals surface area contributed by atoms with Crippen LogP contribution in [0.15, 0.2) is 0 Å². The molecule has 0 rings (SSSR count). The quantitative estimate of drug-likeness (QED) is 0.294. The van der Waals surface area contributed by atoms with Crippen LogP contribution in [0, 0.1) is 0 Å². The zero-order valence-corrected chi connectivity index (χ0v) is 6.97. The minimum absolute atomic E-state index is 0. The van der Waals surface area contributed by atoms with Crippen molar-refractivity contribution in [3.8, 4) is 0 Å². The predicted octanol–water partition coefficient (Wildman–Crippen LogP) is -4.54. The fraction of sp³-hybridized carbons (Fsp3) is 0. The van der Waals surface area contributed by atoms with Gasteiger partial charge in [-0.2, -0.15) is 0 Å². The van der Waals surface area contributed by atoms with Crippen molar-refractivity contribution in [2.75, 3.05) is 0 Å². The Morgan fingerprint density at radius 1 is 1.00 bits per heavy atom. The molecular weight excluding hydrogens is 122 g/mol. The van der Waals surface area contributed by atoms with E-state index in [1.807, 2.05) is 0 Å². The van der Waals surface area contributed by atoms with Crippen molar-refractivity contribution in [2.45, 2.75) is 0 Å². The maximum atomic E-state index is 0. The SMILES string of the molecule is O.O.[H-].[K+].[V]. The van der Waals surface area contributed by atoms with Crippen molar-refractivity contribution >= 4 is 0 Å². The van der Waals surface area contributed by atoms with Gasteiger partial charge in [-0.05, 0) is 0 Å². The first-order chi connectivity index (χ1) is 0. The monoisotopic (exact) mass is 127 g/mol. The zero-order valence-electron chi connectivity index (χ0n) is 3.45. The minimum Gasteiger partial charge on any atom is -1.00 e. The van der Waals surface area contributed by atoms with Crippen LogP contribution < -0.4 is 51.4 Å². The van der Waals surface area contributed by atoms with Crippen molar-refractivity contribution in [3.05, 3.63) is 0 Å². The molecule has 4 heteroatoms. The van der Waals surface area contributed by atoms with E-state index in [0.717, 1.165) is 0 Å². The van der Waals surface area contributed by atoms with Gasteiger partial charge < -0.3 is 12.4 Å². The summed E-state index contributed by atoms with van der Waals surface area (Å²) in [7, 11) is 0. The average Bonchev–Trinajstić information content (AvgIpc) is 0. The van der Waals surface area contributed by atoms with Crippen molar-refractivity contribution in [2.24, 2.45) is 0 Å². The van der Waals surface area contributed by atoms with Gasteiger partial charge in [0.1, 0.15) is 0 Å². The summed E-state index contributed by atoms with van der Waals surface area (Å²) < 4.78 is 0. The first-order valence-electron chi connectivity index (χ1n) is 0. The van der Waals surface area contributed by atoms with E-state index >= 15 is 0 Å². The van der Waals surface area contributed by atoms with Gasteiger partial charge in [0.15, 0.2) is 0 Å². The molecule has 23 valence electrons. The summed E-state index contributed by atoms with van der Waals surface area (Å²) in [6.45, 7) is 0. The van der Waals surface area contributed by atoms with Crippen molar-refractivity contribution in [1.29, 1.82) is 0 Å². The molecule has 0 amide bonds. The summed E-state index contributed by atoms with van der Waals surface area (Å²) in [5.74, 6) is 0. The van der Waals surface area contributed by atoms with Crippen LogP contribution in [0.2, 0.25) is 0 Å². The number of hydrogen-bond donors (Lipinski definition) is 0. The largest absolute Gasteiger partial charge is 1.00 e. The zero-order chi connectivity index (χ0) is 0. The van der Waals surface area contributed by atoms with Gasteiger partial charge in [0.05, 0.1) is 0 Å². The molecule has 0 saturated carbocycles. The normalized spacial score (nSPS) is 0. The molecule has 0 saturated heterocycles. The average molecular weight is 127 g/mol. The molecule has 0 unspecified atom stereocenters. The van der Waals surface area contributed by atoms with Crippen molar-refractivity contribution in [1.82, 2.24) is 0 Å². The predicted molar refractivity (Wildman–Crippen MR) is 8.34 cm³/mol. The Morgan fingerprint density at radius 2 is 1.00 bits per heavy atom. The van der Waals surface area contributed by atoms with Gasteiger partial charge in [-0.25, -0.2) is 0 Å². The van der Waals surface area contributed by atoms with Crippen LogP contribution >= 0.6 is 0 Å². The molecule has 1 radical (unpaired) electrons. The molecule has 0 aromatic heterocycles. The van der Waals surface area contributed by atoms with Crippen LogP contribution in [0.1, 0.15) is 1.43 Å². The Kier molecular flexibility index (Phi) is 170. The first-order valence-corrected chi connectivity index (χ1v) is 0. The summed E-state index contributed by atoms with van der Waals surface area (Å²) in [4.78, 5) is 0. The molecule has 0 aliphatic carbocycles. The Balaban J connectivity index is 0. The summed E-state index contributed by atoms with van der Waals surface area (Å²) in [6.07, 6.45) is 0. The van der Waals surface area contributed by atoms with Crippen molar-refractivity contribution in [3.63, 3.8) is 0 Å². The third-order valence-corrected chi connectivity index (χ3v) is 0. The van der Waals surface area contributed by atoms with Crippen LogP contribution in [-0.4, -0.2) is 11.0 Å². The molecule has 4 heavy (non-hydrogen) atoms. The van der Waals surface area contributed by atoms with Crippen LogP contribution in [0.4, 0.5) is 0 Å². The third-order valence-electron chi connectivity index (χ3n) is 0. The second kappa shape index (κ2) is 19.2. The molecular formula is H5KO2V. The number of hydrogen-bond acceptors (Lipinski definition) is 0. The van der Waals surface area contributed by atoms with Crippen LogP contribution in [0.3, 0.4) is 0 Å². The van der Waals surface area contributed by atoms with E-state index < -0.39 is 0 Å². The fourth-order valence-corrected chi connectivity index (χ4v) is 0. The third kappa shape index (κ3) is 8.91. The van der Waals surface area contributed by atoms with Gasteiger partial charge in [0, 0.05) is 18.6 Å². The molecule has 0 atom stereocenters. The molecule has 0 fully saturated rings. The van der Waals surface area contributed by atoms with E-state index in [-0.39, 0.29) is 82.3 Å². The van der Waals surface area contributed by atoms with E-state index in [1.54, 1.807) is 0 Å². The Morgan fingerprint density at radius 3 is 1.00 bits per heavy atom. The summed E-state index contributed by atoms with van der Waals surface area (Å²) in [5, 5.41) is 0. The van der Waals surface area contributed by atoms with Gasteiger partial charge in [0.2, 0.25) is 0 Å². The van der Waals surface area contributed by atoms with E-state index in [4.69, 9.17) is 0 Å². The Bertz CT molecular complexity index is 9.61. The van der Waals surface area contributed by atoms with Crippen LogP contribution in [0.5, 0.6) is 0 Å². The molecule has 0 aromatic rings. The minimum atomic E-state index is 0. The Hall–Kier alpha value is 2.14. The molecule has 2 nitrogen and oxygen atoms in total. The molecule has 0 bridgehead atoms. The summed E-state index contributed by atoms with van der Waals surface area (Å²) in [6, 6.07) is 0. The standard InChI is InChI=1S/K.2H2O.V.H/h;2*1H2;;/q+1;;;;-1. The van der Waals surface area contributed by atoms with Crippen LogP contribution in [0.25, 0.3) is 0 Å². The second-order valence-corrected chi connectivity index (χ2v) is 0. The smallest absolute Gasteiger partial charge is 1.00 e. The van der Waals surface area contributed by atoms with Crippen molar-refractivity contribution < 1.29 is 82.3 Å². The fourth-order valence-electron chi connectivity index (χ4n) is 0. The van der Waals surface area contributed by atoms with Crippen LogP contribution in [-0.2, 0) is 18.6 Å². The second-order valence-electron chi connectivity index (χ2n) is 0. The maximum absolute atomic E-state index is 0. The molecule has 0 heterocycles. The van der Waals surface area contributed by atoms with Gasteiger partial charge in [-0.15, -0.1) is 0 Å². The van der Waals surface area contributed by atoms with Gasteiger partial charge >= 0.3 is 51.4 Å². The van der Waals surface area contributed by atoms with E-state index in [9.17, 15) is 0 Å². The first kappa shape index (κ1) is 35.4. The topological polar surface area (TPSA) is 63.0 Å². The number of rotatable bonds is 0. The maximum Gasteiger partial charge on any atom is 1.00 e. The molecule has 0 aliphatic rings. The van der Waals surface area contributed by atoms with Gasteiger partial charge in [-0.1, -0.05) is 0 Å². The van der Waals surface area contributed by atoms with E-state index in [1.165, 1.54) is 0 Å². The van der Waals surface area contributed by atoms with Gasteiger partial charge in [0.25, 0.3) is 0 Å². The molecule has 4 N–H and O–H groups in total. The summed E-state index contributed by atoms with van der Waals surface area (Å²) >= 11 is 0. The summed E-state index contributed by atoms with van der Waals surface area (Å²) in [5.41, 5.74) is 0.